The highest BCUT2D eigenvalue weighted by molar-refractivity contribution is 6.30. The Balaban J connectivity index is 2.26. The molecule has 1 atom stereocenters. The van der Waals surface area contributed by atoms with Gasteiger partial charge in [0.2, 0.25) is 5.56 Å². The summed E-state index contributed by atoms with van der Waals surface area (Å²) < 4.78 is 0. The van der Waals surface area contributed by atoms with E-state index in [0.29, 0.717) is 11.2 Å². The van der Waals surface area contributed by atoms with Crippen molar-refractivity contribution in [3.05, 3.63) is 33.2 Å². The summed E-state index contributed by atoms with van der Waals surface area (Å²) in [7, 11) is 0. The first kappa shape index (κ1) is 9.74. The third-order valence-electron chi connectivity index (χ3n) is 2.59. The van der Waals surface area contributed by atoms with Gasteiger partial charge in [-0.2, -0.15) is 0 Å². The minimum atomic E-state index is -0.144. The van der Waals surface area contributed by atoms with Gasteiger partial charge >= 0.3 is 0 Å². The summed E-state index contributed by atoms with van der Waals surface area (Å²) in [6, 6.07) is 3.63. The van der Waals surface area contributed by atoms with Crippen LogP contribution in [0.25, 0.3) is 0 Å². The molecule has 2 N–H and O–H groups in total. The maximum Gasteiger partial charge on any atom is 0.249 e. The van der Waals surface area contributed by atoms with Crippen LogP contribution in [0.1, 0.15) is 30.9 Å². The van der Waals surface area contributed by atoms with Gasteiger partial charge in [0.15, 0.2) is 0 Å². The molecule has 0 spiro atoms. The number of pyridine rings is 1. The van der Waals surface area contributed by atoms with Gasteiger partial charge in [0.1, 0.15) is 5.15 Å². The second-order valence-electron chi connectivity index (χ2n) is 3.59. The molecule has 0 saturated carbocycles. The van der Waals surface area contributed by atoms with Crippen LogP contribution in [0.2, 0.25) is 5.15 Å². The standard InChI is InChI=1S/C10H13ClN2O/c11-10-7(4-5-9(14)13-10)8-3-1-2-6-12-8/h4-5,8,12H,1-3,6H2,(H,13,14). The highest BCUT2D eigenvalue weighted by Crippen LogP contribution is 2.26. The van der Waals surface area contributed by atoms with E-state index in [-0.39, 0.29) is 5.56 Å². The number of rotatable bonds is 1. The Bertz CT molecular complexity index is 369. The number of hydrogen-bond donors (Lipinski definition) is 2. The Morgan fingerprint density at radius 1 is 1.36 bits per heavy atom. The molecule has 1 aromatic rings. The molecular weight excluding hydrogens is 200 g/mol. The molecule has 0 aliphatic carbocycles. The van der Waals surface area contributed by atoms with Crippen LogP contribution in [0.3, 0.4) is 0 Å². The first-order chi connectivity index (χ1) is 6.77. The smallest absolute Gasteiger partial charge is 0.249 e. The van der Waals surface area contributed by atoms with E-state index >= 15 is 0 Å². The van der Waals surface area contributed by atoms with Crippen molar-refractivity contribution < 1.29 is 0 Å². The Labute approximate surface area is 87.5 Å². The highest BCUT2D eigenvalue weighted by Gasteiger charge is 2.17. The van der Waals surface area contributed by atoms with E-state index in [1.54, 1.807) is 0 Å². The summed E-state index contributed by atoms with van der Waals surface area (Å²) >= 11 is 5.97. The van der Waals surface area contributed by atoms with Crippen molar-refractivity contribution in [2.24, 2.45) is 0 Å². The predicted molar refractivity (Wildman–Crippen MR) is 56.7 cm³/mol. The SMILES string of the molecule is O=c1ccc(C2CCCCN2)c(Cl)[nH]1. The van der Waals surface area contributed by atoms with Crippen molar-refractivity contribution in [1.29, 1.82) is 0 Å². The quantitative estimate of drug-likeness (QED) is 0.698. The second kappa shape index (κ2) is 4.15. The van der Waals surface area contributed by atoms with Crippen LogP contribution in [-0.2, 0) is 0 Å². The van der Waals surface area contributed by atoms with Gasteiger partial charge in [-0.05, 0) is 25.5 Å². The van der Waals surface area contributed by atoms with E-state index in [0.717, 1.165) is 18.5 Å². The van der Waals surface area contributed by atoms with Crippen molar-refractivity contribution in [2.75, 3.05) is 6.54 Å². The number of hydrogen-bond acceptors (Lipinski definition) is 2. The van der Waals surface area contributed by atoms with Crippen LogP contribution in [0.4, 0.5) is 0 Å². The zero-order chi connectivity index (χ0) is 9.97. The fraction of sp³-hybridized carbons (Fsp3) is 0.500. The molecule has 1 saturated heterocycles. The molecule has 0 bridgehead atoms. The monoisotopic (exact) mass is 212 g/mol. The van der Waals surface area contributed by atoms with Gasteiger partial charge < -0.3 is 10.3 Å². The number of nitrogens with one attached hydrogen (secondary N) is 2. The second-order valence-corrected chi connectivity index (χ2v) is 3.97. The summed E-state index contributed by atoms with van der Waals surface area (Å²) in [4.78, 5) is 13.6. The third kappa shape index (κ3) is 1.99. The zero-order valence-corrected chi connectivity index (χ0v) is 8.60. The lowest BCUT2D eigenvalue weighted by Gasteiger charge is -2.24. The van der Waals surface area contributed by atoms with E-state index < -0.39 is 0 Å². The van der Waals surface area contributed by atoms with Gasteiger partial charge in [-0.25, -0.2) is 0 Å². The van der Waals surface area contributed by atoms with Crippen LogP contribution < -0.4 is 10.9 Å². The van der Waals surface area contributed by atoms with Crippen LogP contribution in [0.15, 0.2) is 16.9 Å². The lowest BCUT2D eigenvalue weighted by Crippen LogP contribution is -2.27. The molecule has 3 nitrogen and oxygen atoms in total. The van der Waals surface area contributed by atoms with E-state index in [1.165, 1.54) is 18.9 Å². The molecule has 14 heavy (non-hydrogen) atoms. The minimum Gasteiger partial charge on any atom is -0.313 e. The molecule has 0 radical (unpaired) electrons. The average molecular weight is 213 g/mol. The molecule has 0 aromatic carbocycles. The molecule has 1 aliphatic heterocycles. The maximum atomic E-state index is 11.0. The van der Waals surface area contributed by atoms with Gasteiger partial charge in [0, 0.05) is 17.7 Å². The maximum absolute atomic E-state index is 11.0. The fourth-order valence-corrected chi connectivity index (χ4v) is 2.13. The van der Waals surface area contributed by atoms with Gasteiger partial charge in [-0.1, -0.05) is 18.0 Å². The van der Waals surface area contributed by atoms with Crippen molar-refractivity contribution in [3.63, 3.8) is 0 Å². The van der Waals surface area contributed by atoms with Gasteiger partial charge in [0.05, 0.1) is 0 Å². The van der Waals surface area contributed by atoms with E-state index in [1.807, 2.05) is 6.07 Å². The number of H-pyrrole nitrogens is 1. The predicted octanol–water partition coefficient (Wildman–Crippen LogP) is 1.84. The number of piperidine rings is 1. The van der Waals surface area contributed by atoms with Crippen molar-refractivity contribution in [1.82, 2.24) is 10.3 Å². The highest BCUT2D eigenvalue weighted by atomic mass is 35.5. The Kier molecular flexibility index (Phi) is 2.89. The summed E-state index contributed by atoms with van der Waals surface area (Å²) in [5.74, 6) is 0. The van der Waals surface area contributed by atoms with Gasteiger partial charge in [0.25, 0.3) is 0 Å². The van der Waals surface area contributed by atoms with Crippen LogP contribution in [0.5, 0.6) is 0 Å². The summed E-state index contributed by atoms with van der Waals surface area (Å²) in [6.45, 7) is 1.03. The number of halogens is 1. The van der Waals surface area contributed by atoms with E-state index in [9.17, 15) is 4.79 Å². The molecule has 0 amide bonds. The Hall–Kier alpha value is -0.800. The number of aromatic amines is 1. The molecule has 4 heteroatoms. The molecular formula is C10H13ClN2O. The lowest BCUT2D eigenvalue weighted by molar-refractivity contribution is 0.411. The molecule has 1 aromatic heterocycles. The average Bonchev–Trinajstić information content (AvgIpc) is 2.19. The van der Waals surface area contributed by atoms with Gasteiger partial charge in [-0.15, -0.1) is 0 Å². The largest absolute Gasteiger partial charge is 0.313 e. The topological polar surface area (TPSA) is 44.9 Å². The van der Waals surface area contributed by atoms with Crippen LogP contribution >= 0.6 is 11.6 Å². The van der Waals surface area contributed by atoms with Crippen LogP contribution in [0, 0.1) is 0 Å². The molecule has 1 aliphatic rings. The summed E-state index contributed by atoms with van der Waals surface area (Å²) in [6.07, 6.45) is 3.52. The molecule has 2 rings (SSSR count). The fourth-order valence-electron chi connectivity index (χ4n) is 1.85. The first-order valence-electron chi connectivity index (χ1n) is 4.89. The Morgan fingerprint density at radius 3 is 2.86 bits per heavy atom. The first-order valence-corrected chi connectivity index (χ1v) is 5.27. The molecule has 2 heterocycles. The van der Waals surface area contributed by atoms with Crippen LogP contribution in [-0.4, -0.2) is 11.5 Å². The third-order valence-corrected chi connectivity index (χ3v) is 2.90. The normalized spacial score (nSPS) is 22.2. The van der Waals surface area contributed by atoms with Crippen molar-refractivity contribution in [2.45, 2.75) is 25.3 Å². The van der Waals surface area contributed by atoms with Crippen molar-refractivity contribution in [3.8, 4) is 0 Å². The molecule has 1 unspecified atom stereocenters. The van der Waals surface area contributed by atoms with Crippen molar-refractivity contribution >= 4 is 11.6 Å². The van der Waals surface area contributed by atoms with Gasteiger partial charge in [-0.3, -0.25) is 4.79 Å². The summed E-state index contributed by atoms with van der Waals surface area (Å²) in [5, 5.41) is 3.86. The van der Waals surface area contributed by atoms with E-state index in [2.05, 4.69) is 10.3 Å². The molecule has 1 fully saturated rings. The zero-order valence-electron chi connectivity index (χ0n) is 7.85. The summed E-state index contributed by atoms with van der Waals surface area (Å²) in [5.41, 5.74) is 0.862. The Morgan fingerprint density at radius 2 is 2.21 bits per heavy atom. The van der Waals surface area contributed by atoms with E-state index in [4.69, 9.17) is 11.6 Å². The lowest BCUT2D eigenvalue weighted by atomic mass is 9.99. The number of aromatic nitrogens is 1. The molecule has 76 valence electrons. The minimum absolute atomic E-state index is 0.144.